The predicted octanol–water partition coefficient (Wildman–Crippen LogP) is 4.33. The Hall–Kier alpha value is -2.46. The highest BCUT2D eigenvalue weighted by Gasteiger charge is 2.35. The molecule has 196 valence electrons. The van der Waals surface area contributed by atoms with E-state index in [2.05, 4.69) is 34.5 Å². The number of aliphatic hydroxyl groups excluding tert-OH is 1. The fraction of sp³-hybridized carbons (Fsp3) is 0.769. The molecule has 0 spiro atoms. The van der Waals surface area contributed by atoms with Gasteiger partial charge in [-0.05, 0) is 69.1 Å². The number of fused-ring (bicyclic) bond motifs is 1. The molecule has 4 N–H and O–H groups in total. The van der Waals surface area contributed by atoms with E-state index >= 15 is 0 Å². The van der Waals surface area contributed by atoms with Crippen LogP contribution in [0.15, 0.2) is 0 Å². The summed E-state index contributed by atoms with van der Waals surface area (Å²) in [5.41, 5.74) is 4.09. The number of nitrogens with one attached hydrogen (secondary N) is 3. The van der Waals surface area contributed by atoms with Crippen LogP contribution in [0.4, 0.5) is 10.6 Å². The van der Waals surface area contributed by atoms with E-state index in [1.54, 1.807) is 0 Å². The summed E-state index contributed by atoms with van der Waals surface area (Å²) in [6.07, 6.45) is 9.98. The van der Waals surface area contributed by atoms with Crippen LogP contribution in [-0.2, 0) is 11.4 Å². The van der Waals surface area contributed by atoms with E-state index in [-0.39, 0.29) is 12.0 Å². The van der Waals surface area contributed by atoms with Gasteiger partial charge < -0.3 is 19.8 Å². The molecule has 1 amide bonds. The van der Waals surface area contributed by atoms with Crippen LogP contribution in [0.3, 0.4) is 0 Å². The summed E-state index contributed by atoms with van der Waals surface area (Å²) in [4.78, 5) is 31.1. The average Bonchev–Trinajstić information content (AvgIpc) is 3.36. The first-order valence-corrected chi connectivity index (χ1v) is 13.9. The summed E-state index contributed by atoms with van der Waals surface area (Å²) in [6, 6.07) is 0.256. The third kappa shape index (κ3) is 4.53. The maximum absolute atomic E-state index is 11.7. The summed E-state index contributed by atoms with van der Waals surface area (Å²) in [5, 5.41) is 17.8. The summed E-state index contributed by atoms with van der Waals surface area (Å²) < 4.78 is 2.22. The minimum atomic E-state index is -0.647. The number of rotatable bonds is 8. The van der Waals surface area contributed by atoms with E-state index in [0.717, 1.165) is 43.1 Å². The van der Waals surface area contributed by atoms with Gasteiger partial charge in [0.2, 0.25) is 0 Å². The number of hydroxylamine groups is 1. The topological polar surface area (TPSA) is 126 Å². The fourth-order valence-corrected chi connectivity index (χ4v) is 6.13. The van der Waals surface area contributed by atoms with Crippen molar-refractivity contribution in [2.24, 2.45) is 23.7 Å². The molecule has 1 saturated heterocycles. The highest BCUT2D eigenvalue weighted by molar-refractivity contribution is 5.84. The van der Waals surface area contributed by atoms with Gasteiger partial charge in [-0.15, -0.1) is 5.48 Å². The van der Waals surface area contributed by atoms with E-state index in [1.165, 1.54) is 44.9 Å². The Morgan fingerprint density at radius 3 is 2.39 bits per heavy atom. The van der Waals surface area contributed by atoms with Crippen molar-refractivity contribution in [3.05, 3.63) is 11.6 Å². The molecule has 3 heterocycles. The van der Waals surface area contributed by atoms with Gasteiger partial charge in [-0.2, -0.15) is 0 Å². The van der Waals surface area contributed by atoms with Crippen LogP contribution in [0.2, 0.25) is 0 Å². The van der Waals surface area contributed by atoms with Gasteiger partial charge in [0.1, 0.15) is 17.4 Å². The first-order chi connectivity index (χ1) is 17.5. The summed E-state index contributed by atoms with van der Waals surface area (Å²) in [6.45, 7) is 5.37. The number of hydrogen-bond acceptors (Lipinski definition) is 8. The number of carbonyl (C=O) groups excluding carboxylic acids is 1. The monoisotopic (exact) mass is 497 g/mol. The minimum absolute atomic E-state index is 0.244. The third-order valence-electron chi connectivity index (χ3n) is 9.10. The van der Waals surface area contributed by atoms with Gasteiger partial charge in [0.05, 0.1) is 0 Å². The summed E-state index contributed by atoms with van der Waals surface area (Å²) in [5.74, 6) is 4.02. The van der Waals surface area contributed by atoms with Crippen molar-refractivity contribution in [1.82, 2.24) is 30.3 Å². The molecule has 0 radical (unpaired) electrons. The van der Waals surface area contributed by atoms with Gasteiger partial charge in [0, 0.05) is 12.6 Å². The van der Waals surface area contributed by atoms with Crippen molar-refractivity contribution in [2.75, 3.05) is 5.32 Å². The lowest BCUT2D eigenvalue weighted by Gasteiger charge is -2.33. The molecule has 10 heteroatoms. The first-order valence-electron chi connectivity index (χ1n) is 13.9. The van der Waals surface area contributed by atoms with Gasteiger partial charge in [0.15, 0.2) is 23.5 Å². The quantitative estimate of drug-likeness (QED) is 0.425. The highest BCUT2D eigenvalue weighted by atomic mass is 16.7. The maximum atomic E-state index is 11.7. The van der Waals surface area contributed by atoms with E-state index in [4.69, 9.17) is 19.8 Å². The molecule has 36 heavy (non-hydrogen) atoms. The van der Waals surface area contributed by atoms with Crippen LogP contribution in [0, 0.1) is 23.7 Å². The van der Waals surface area contributed by atoms with Crippen molar-refractivity contribution in [3.8, 4) is 0 Å². The number of carbonyl (C=O) groups is 1. The predicted molar refractivity (Wildman–Crippen MR) is 135 cm³/mol. The largest absolute Gasteiger partial charge is 0.427 e. The Morgan fingerprint density at radius 1 is 1.06 bits per heavy atom. The second-order valence-electron chi connectivity index (χ2n) is 11.7. The van der Waals surface area contributed by atoms with Crippen molar-refractivity contribution in [2.45, 2.75) is 103 Å². The van der Waals surface area contributed by atoms with Gasteiger partial charge in [-0.3, -0.25) is 5.32 Å². The Morgan fingerprint density at radius 2 is 1.78 bits per heavy atom. The van der Waals surface area contributed by atoms with Gasteiger partial charge in [-0.25, -0.2) is 19.7 Å². The lowest BCUT2D eigenvalue weighted by atomic mass is 9.80. The molecule has 6 rings (SSSR count). The highest BCUT2D eigenvalue weighted by Crippen LogP contribution is 2.40. The zero-order valence-corrected chi connectivity index (χ0v) is 21.4. The number of hydrogen-bond donors (Lipinski definition) is 4. The fourth-order valence-electron chi connectivity index (χ4n) is 6.13. The second kappa shape index (κ2) is 9.78. The number of anilines is 1. The molecule has 1 aliphatic heterocycles. The second-order valence-corrected chi connectivity index (χ2v) is 11.7. The molecular weight excluding hydrogens is 458 g/mol. The molecule has 2 aromatic rings. The minimum Gasteiger partial charge on any atom is -0.385 e. The number of nitrogens with zero attached hydrogens (tertiary/aromatic N) is 4. The van der Waals surface area contributed by atoms with Crippen LogP contribution in [0.1, 0.15) is 102 Å². The number of aliphatic hydroxyl groups is 1. The molecule has 10 nitrogen and oxygen atoms in total. The molecular formula is C26H39N7O3. The Bertz CT molecular complexity index is 1100. The lowest BCUT2D eigenvalue weighted by Crippen LogP contribution is -2.32. The zero-order chi connectivity index (χ0) is 24.8. The third-order valence-corrected chi connectivity index (χ3v) is 9.10. The van der Waals surface area contributed by atoms with E-state index < -0.39 is 18.4 Å². The van der Waals surface area contributed by atoms with Crippen LogP contribution in [0.5, 0.6) is 0 Å². The normalized spacial score (nSPS) is 28.8. The Kier molecular flexibility index (Phi) is 6.49. The van der Waals surface area contributed by atoms with Gasteiger partial charge >= 0.3 is 6.09 Å². The van der Waals surface area contributed by atoms with Crippen molar-refractivity contribution >= 4 is 23.1 Å². The Balaban J connectivity index is 1.43. The maximum Gasteiger partial charge on any atom is 0.427 e. The molecule has 2 unspecified atom stereocenters. The van der Waals surface area contributed by atoms with Crippen LogP contribution >= 0.6 is 0 Å². The van der Waals surface area contributed by atoms with Crippen LogP contribution in [0.25, 0.3) is 11.2 Å². The standard InChI is InChI=1S/C26H39N7O3/c1-14-9-11-16(12-10-14)13-33-19-21(27-15(2)17-5-3-6-17)28-23(24-31-26(35)36-32-24)29-22(19)30-25(33)20(34)18-7-4-8-18/h14-18,20,24,32,34H,3-13H2,1-2H3,(H,31,35)(H,27,28,29)/t14?,15-,16?,20?,24?/m1/s1. The SMILES string of the molecule is CC1CCC(Cn2c(C(O)C3CCC3)nc3nc(C4NOC(=O)N4)nc(N[C@H](C)C4CCC4)c32)CC1. The van der Waals surface area contributed by atoms with Crippen molar-refractivity contribution in [3.63, 3.8) is 0 Å². The molecule has 4 fully saturated rings. The molecule has 3 saturated carbocycles. The summed E-state index contributed by atoms with van der Waals surface area (Å²) in [7, 11) is 0. The van der Waals surface area contributed by atoms with Gasteiger partial charge in [-0.1, -0.05) is 32.6 Å². The smallest absolute Gasteiger partial charge is 0.385 e. The molecule has 3 aliphatic carbocycles. The number of imidazole rings is 1. The zero-order valence-electron chi connectivity index (χ0n) is 21.4. The number of aromatic nitrogens is 4. The van der Waals surface area contributed by atoms with Crippen LogP contribution in [-0.4, -0.2) is 36.8 Å². The molecule has 3 atom stereocenters. The van der Waals surface area contributed by atoms with E-state index in [1.807, 2.05) is 0 Å². The summed E-state index contributed by atoms with van der Waals surface area (Å²) >= 11 is 0. The Labute approximate surface area is 212 Å². The van der Waals surface area contributed by atoms with Gasteiger partial charge in [0.25, 0.3) is 0 Å². The average molecular weight is 498 g/mol. The van der Waals surface area contributed by atoms with Crippen LogP contribution < -0.4 is 16.1 Å². The molecule has 2 aromatic heterocycles. The van der Waals surface area contributed by atoms with Crippen molar-refractivity contribution < 1.29 is 14.7 Å². The van der Waals surface area contributed by atoms with E-state index in [9.17, 15) is 9.90 Å². The first kappa shape index (κ1) is 23.9. The molecule has 4 aliphatic rings. The molecule has 0 aromatic carbocycles. The number of amides is 1. The van der Waals surface area contributed by atoms with E-state index in [0.29, 0.717) is 29.1 Å². The lowest BCUT2D eigenvalue weighted by molar-refractivity contribution is 0.0514. The molecule has 0 bridgehead atoms. The van der Waals surface area contributed by atoms with Crippen molar-refractivity contribution in [1.29, 1.82) is 0 Å².